The Morgan fingerprint density at radius 2 is 2.03 bits per heavy atom. The van der Waals surface area contributed by atoms with Crippen LogP contribution in [0.2, 0.25) is 0 Å². The zero-order valence-electron chi connectivity index (χ0n) is 16.5. The summed E-state index contributed by atoms with van der Waals surface area (Å²) in [7, 11) is 0. The molecular formula is C23H20N4O2S. The minimum absolute atomic E-state index is 0.0113. The maximum atomic E-state index is 13.1. The van der Waals surface area contributed by atoms with Gasteiger partial charge >= 0.3 is 0 Å². The summed E-state index contributed by atoms with van der Waals surface area (Å²) >= 11 is 1.63. The molecule has 0 aliphatic carbocycles. The van der Waals surface area contributed by atoms with E-state index in [4.69, 9.17) is 5.73 Å². The molecule has 30 heavy (non-hydrogen) atoms. The first-order valence-corrected chi connectivity index (χ1v) is 10.6. The summed E-state index contributed by atoms with van der Waals surface area (Å²) < 4.78 is 1.81. The topological polar surface area (TPSA) is 81.2 Å². The van der Waals surface area contributed by atoms with Crippen LogP contribution in [-0.4, -0.2) is 27.9 Å². The van der Waals surface area contributed by atoms with Crippen molar-refractivity contribution < 1.29 is 9.59 Å². The molecule has 2 N–H and O–H groups in total. The smallest absolute Gasteiger partial charge is 0.250 e. The Labute approximate surface area is 177 Å². The minimum Gasteiger partial charge on any atom is -0.366 e. The number of benzene rings is 2. The standard InChI is InChI=1S/C23H20N4O2S/c1-14-25-19(13-30-14)15-6-7-20-16(10-15)8-9-27(20)22(28)12-26-11-18(23(24)29)17-4-2-3-5-21(17)26/h2-7,10-11,13H,8-9,12H2,1H3,(H2,24,29). The highest BCUT2D eigenvalue weighted by atomic mass is 32.1. The lowest BCUT2D eigenvalue weighted by Crippen LogP contribution is -2.32. The second-order valence-electron chi connectivity index (χ2n) is 7.44. The van der Waals surface area contributed by atoms with Crippen LogP contribution in [0.1, 0.15) is 20.9 Å². The van der Waals surface area contributed by atoms with Crippen LogP contribution in [0.5, 0.6) is 0 Å². The molecule has 0 atom stereocenters. The number of hydrogen-bond donors (Lipinski definition) is 1. The van der Waals surface area contributed by atoms with Crippen LogP contribution in [-0.2, 0) is 17.8 Å². The van der Waals surface area contributed by atoms with E-state index in [9.17, 15) is 9.59 Å². The van der Waals surface area contributed by atoms with E-state index in [0.717, 1.165) is 44.8 Å². The van der Waals surface area contributed by atoms with Crippen molar-refractivity contribution >= 4 is 39.7 Å². The van der Waals surface area contributed by atoms with Gasteiger partial charge in [0.25, 0.3) is 5.91 Å². The molecule has 2 aromatic heterocycles. The fourth-order valence-electron chi connectivity index (χ4n) is 4.12. The molecule has 1 aliphatic heterocycles. The van der Waals surface area contributed by atoms with Gasteiger partial charge in [-0.25, -0.2) is 4.98 Å². The quantitative estimate of drug-likeness (QED) is 0.550. The number of carbonyl (C=O) groups is 2. The molecule has 4 aromatic rings. The van der Waals surface area contributed by atoms with E-state index in [2.05, 4.69) is 16.4 Å². The second kappa shape index (κ2) is 7.11. The van der Waals surface area contributed by atoms with E-state index < -0.39 is 5.91 Å². The Morgan fingerprint density at radius 3 is 2.80 bits per heavy atom. The lowest BCUT2D eigenvalue weighted by molar-refractivity contribution is -0.119. The van der Waals surface area contributed by atoms with Crippen molar-refractivity contribution in [1.82, 2.24) is 9.55 Å². The second-order valence-corrected chi connectivity index (χ2v) is 8.50. The lowest BCUT2D eigenvalue weighted by Gasteiger charge is -2.18. The maximum Gasteiger partial charge on any atom is 0.250 e. The highest BCUT2D eigenvalue weighted by molar-refractivity contribution is 7.09. The van der Waals surface area contributed by atoms with Gasteiger partial charge in [0, 0.05) is 40.3 Å². The Hall–Kier alpha value is -3.45. The van der Waals surface area contributed by atoms with Crippen molar-refractivity contribution in [1.29, 1.82) is 0 Å². The Kier molecular flexibility index (Phi) is 4.40. The number of primary amides is 1. The zero-order valence-corrected chi connectivity index (χ0v) is 17.3. The zero-order chi connectivity index (χ0) is 20.8. The highest BCUT2D eigenvalue weighted by Gasteiger charge is 2.26. The lowest BCUT2D eigenvalue weighted by atomic mass is 10.1. The first-order chi connectivity index (χ1) is 14.5. The van der Waals surface area contributed by atoms with Crippen LogP contribution in [0.4, 0.5) is 5.69 Å². The predicted octanol–water partition coefficient (Wildman–Crippen LogP) is 3.76. The molecule has 3 heterocycles. The van der Waals surface area contributed by atoms with E-state index in [1.807, 2.05) is 52.8 Å². The Balaban J connectivity index is 1.43. The molecule has 5 rings (SSSR count). The molecule has 0 bridgehead atoms. The third-order valence-electron chi connectivity index (χ3n) is 5.55. The van der Waals surface area contributed by atoms with Crippen LogP contribution in [0.3, 0.4) is 0 Å². The van der Waals surface area contributed by atoms with Crippen molar-refractivity contribution in [3.8, 4) is 11.3 Å². The number of hydrogen-bond acceptors (Lipinski definition) is 4. The Bertz CT molecular complexity index is 1300. The molecule has 0 fully saturated rings. The minimum atomic E-state index is -0.492. The normalized spacial score (nSPS) is 13.0. The molecular weight excluding hydrogens is 396 g/mol. The average molecular weight is 417 g/mol. The predicted molar refractivity (Wildman–Crippen MR) is 119 cm³/mol. The molecule has 0 radical (unpaired) electrons. The highest BCUT2D eigenvalue weighted by Crippen LogP contribution is 2.33. The summed E-state index contributed by atoms with van der Waals surface area (Å²) in [6.45, 7) is 2.80. The SMILES string of the molecule is Cc1nc(-c2ccc3c(c2)CCN3C(=O)Cn2cc(C(N)=O)c3ccccc32)cs1. The largest absolute Gasteiger partial charge is 0.366 e. The molecule has 0 saturated heterocycles. The van der Waals surface area contributed by atoms with Gasteiger partial charge in [0.2, 0.25) is 5.91 Å². The molecule has 2 amide bonds. The number of thiazole rings is 1. The van der Waals surface area contributed by atoms with Gasteiger partial charge in [0.05, 0.1) is 16.3 Å². The van der Waals surface area contributed by atoms with Crippen molar-refractivity contribution in [2.45, 2.75) is 19.9 Å². The average Bonchev–Trinajstić information content (AvgIpc) is 3.44. The first kappa shape index (κ1) is 18.6. The van der Waals surface area contributed by atoms with Gasteiger partial charge in [-0.15, -0.1) is 11.3 Å². The van der Waals surface area contributed by atoms with Crippen LogP contribution in [0.15, 0.2) is 54.0 Å². The van der Waals surface area contributed by atoms with Gasteiger partial charge in [0.1, 0.15) is 6.54 Å². The van der Waals surface area contributed by atoms with E-state index in [0.29, 0.717) is 12.1 Å². The number of rotatable bonds is 4. The number of carbonyl (C=O) groups excluding carboxylic acids is 2. The summed E-state index contributed by atoms with van der Waals surface area (Å²) in [6.07, 6.45) is 2.49. The Morgan fingerprint density at radius 1 is 1.20 bits per heavy atom. The molecule has 150 valence electrons. The maximum absolute atomic E-state index is 13.1. The fraction of sp³-hybridized carbons (Fsp3) is 0.174. The van der Waals surface area contributed by atoms with Crippen molar-refractivity contribution in [2.75, 3.05) is 11.4 Å². The number of aryl methyl sites for hydroxylation is 1. The summed E-state index contributed by atoms with van der Waals surface area (Å²) in [5, 5.41) is 3.86. The molecule has 0 unspecified atom stereocenters. The number of fused-ring (bicyclic) bond motifs is 2. The van der Waals surface area contributed by atoms with Gasteiger partial charge in [-0.3, -0.25) is 9.59 Å². The van der Waals surface area contributed by atoms with Crippen LogP contribution < -0.4 is 10.6 Å². The summed E-state index contributed by atoms with van der Waals surface area (Å²) in [4.78, 5) is 31.3. The fourth-order valence-corrected chi connectivity index (χ4v) is 4.74. The molecule has 1 aliphatic rings. The van der Waals surface area contributed by atoms with Gasteiger partial charge in [0.15, 0.2) is 0 Å². The van der Waals surface area contributed by atoms with Crippen molar-refractivity contribution in [3.05, 3.63) is 70.2 Å². The molecule has 6 nitrogen and oxygen atoms in total. The van der Waals surface area contributed by atoms with Crippen molar-refractivity contribution in [3.63, 3.8) is 0 Å². The number of anilines is 1. The molecule has 0 spiro atoms. The summed E-state index contributed by atoms with van der Waals surface area (Å²) in [5.74, 6) is -0.503. The van der Waals surface area contributed by atoms with Crippen LogP contribution in [0, 0.1) is 6.92 Å². The van der Waals surface area contributed by atoms with Crippen LogP contribution in [0.25, 0.3) is 22.2 Å². The van der Waals surface area contributed by atoms with E-state index >= 15 is 0 Å². The first-order valence-electron chi connectivity index (χ1n) is 9.75. The van der Waals surface area contributed by atoms with Crippen molar-refractivity contribution in [2.24, 2.45) is 5.73 Å². The number of para-hydroxylation sites is 1. The van der Waals surface area contributed by atoms with Gasteiger partial charge in [-0.05, 0) is 37.1 Å². The van der Waals surface area contributed by atoms with E-state index in [1.54, 1.807) is 17.5 Å². The molecule has 2 aromatic carbocycles. The number of aromatic nitrogens is 2. The summed E-state index contributed by atoms with van der Waals surface area (Å²) in [5.41, 5.74) is 10.9. The monoisotopic (exact) mass is 416 g/mol. The third-order valence-corrected chi connectivity index (χ3v) is 6.32. The number of nitrogens with two attached hydrogens (primary N) is 1. The van der Waals surface area contributed by atoms with Gasteiger partial charge in [-0.1, -0.05) is 24.3 Å². The molecule has 0 saturated carbocycles. The van der Waals surface area contributed by atoms with Gasteiger partial charge in [-0.2, -0.15) is 0 Å². The summed E-state index contributed by atoms with van der Waals surface area (Å²) in [6, 6.07) is 13.7. The van der Waals surface area contributed by atoms with E-state index in [1.165, 1.54) is 0 Å². The van der Waals surface area contributed by atoms with E-state index in [-0.39, 0.29) is 12.5 Å². The number of nitrogens with zero attached hydrogens (tertiary/aromatic N) is 3. The third kappa shape index (κ3) is 3.07. The van der Waals surface area contributed by atoms with Crippen LogP contribution >= 0.6 is 11.3 Å². The molecule has 7 heteroatoms. The van der Waals surface area contributed by atoms with Gasteiger partial charge < -0.3 is 15.2 Å². The number of amides is 2.